The first-order chi connectivity index (χ1) is 10.9. The van der Waals surface area contributed by atoms with Crippen molar-refractivity contribution in [3.63, 3.8) is 0 Å². The number of morpholine rings is 1. The number of nitrogens with zero attached hydrogens (tertiary/aromatic N) is 3. The molecule has 5 nitrogen and oxygen atoms in total. The van der Waals surface area contributed by atoms with E-state index in [-0.39, 0.29) is 0 Å². The predicted octanol–water partition coefficient (Wildman–Crippen LogP) is 1.15. The Morgan fingerprint density at radius 3 is 2.86 bits per heavy atom. The summed E-state index contributed by atoms with van der Waals surface area (Å²) in [5.41, 5.74) is 1.33. The second kappa shape index (κ2) is 6.62. The van der Waals surface area contributed by atoms with Crippen LogP contribution < -0.4 is 0 Å². The van der Waals surface area contributed by atoms with E-state index in [2.05, 4.69) is 26.9 Å². The van der Waals surface area contributed by atoms with E-state index in [9.17, 15) is 0 Å². The molecule has 0 N–H and O–H groups in total. The molecule has 4 rings (SSSR count). The van der Waals surface area contributed by atoms with Gasteiger partial charge in [0.05, 0.1) is 18.8 Å². The third-order valence-electron chi connectivity index (χ3n) is 5.11. The van der Waals surface area contributed by atoms with Crippen LogP contribution in [0.2, 0.25) is 0 Å². The van der Waals surface area contributed by atoms with Gasteiger partial charge in [0, 0.05) is 57.8 Å². The molecule has 0 bridgehead atoms. The van der Waals surface area contributed by atoms with Crippen LogP contribution in [0.3, 0.4) is 0 Å². The Morgan fingerprint density at radius 2 is 2.05 bits per heavy atom. The van der Waals surface area contributed by atoms with Gasteiger partial charge in [-0.2, -0.15) is 0 Å². The number of pyridine rings is 1. The Balaban J connectivity index is 1.37. The smallest absolute Gasteiger partial charge is 0.0870 e. The van der Waals surface area contributed by atoms with Crippen molar-refractivity contribution in [3.8, 4) is 0 Å². The van der Waals surface area contributed by atoms with E-state index < -0.39 is 0 Å². The molecule has 4 heterocycles. The van der Waals surface area contributed by atoms with Crippen molar-refractivity contribution in [2.75, 3.05) is 39.4 Å². The van der Waals surface area contributed by atoms with Gasteiger partial charge in [-0.05, 0) is 30.5 Å². The van der Waals surface area contributed by atoms with Crippen molar-refractivity contribution < 1.29 is 9.47 Å². The first kappa shape index (κ1) is 14.6. The van der Waals surface area contributed by atoms with E-state index in [1.54, 1.807) is 0 Å². The SMILES string of the molecule is c1cc(CN2C[C@@H]3OCCN(C[C@@H]4CCCO4)[C@@H]3C2)ccn1. The van der Waals surface area contributed by atoms with Gasteiger partial charge >= 0.3 is 0 Å². The van der Waals surface area contributed by atoms with Crippen molar-refractivity contribution in [1.82, 2.24) is 14.8 Å². The Labute approximate surface area is 132 Å². The van der Waals surface area contributed by atoms with Gasteiger partial charge in [0.1, 0.15) is 0 Å². The largest absolute Gasteiger partial charge is 0.377 e. The van der Waals surface area contributed by atoms with Crippen LogP contribution in [0.4, 0.5) is 0 Å². The van der Waals surface area contributed by atoms with Crippen LogP contribution in [0, 0.1) is 0 Å². The normalized spacial score (nSPS) is 33.2. The summed E-state index contributed by atoms with van der Waals surface area (Å²) in [5.74, 6) is 0. The second-order valence-corrected chi connectivity index (χ2v) is 6.66. The standard InChI is InChI=1S/C17H25N3O2/c1-2-15(21-8-1)11-20-7-9-22-17-13-19(12-16(17)20)10-14-3-5-18-6-4-14/h3-6,15-17H,1-2,7-13H2/t15-,16+,17-/m0/s1. The van der Waals surface area contributed by atoms with Gasteiger partial charge in [-0.1, -0.05) is 0 Å². The summed E-state index contributed by atoms with van der Waals surface area (Å²) in [6.07, 6.45) is 6.98. The molecule has 3 aliphatic rings. The van der Waals surface area contributed by atoms with Crippen LogP contribution in [0.15, 0.2) is 24.5 Å². The molecule has 0 amide bonds. The average Bonchev–Trinajstić information content (AvgIpc) is 3.18. The van der Waals surface area contributed by atoms with Gasteiger partial charge < -0.3 is 9.47 Å². The Hall–Kier alpha value is -1.01. The first-order valence-electron chi connectivity index (χ1n) is 8.47. The minimum Gasteiger partial charge on any atom is -0.377 e. The number of fused-ring (bicyclic) bond motifs is 1. The molecule has 3 saturated heterocycles. The summed E-state index contributed by atoms with van der Waals surface area (Å²) in [5, 5.41) is 0. The van der Waals surface area contributed by atoms with Gasteiger partial charge in [-0.25, -0.2) is 0 Å². The third kappa shape index (κ3) is 3.18. The van der Waals surface area contributed by atoms with Gasteiger partial charge in [0.2, 0.25) is 0 Å². The lowest BCUT2D eigenvalue weighted by molar-refractivity contribution is -0.0615. The minimum absolute atomic E-state index is 0.358. The van der Waals surface area contributed by atoms with E-state index in [0.717, 1.165) is 45.9 Å². The maximum atomic E-state index is 6.03. The lowest BCUT2D eigenvalue weighted by Crippen LogP contribution is -2.52. The topological polar surface area (TPSA) is 37.8 Å². The molecule has 5 heteroatoms. The number of aromatic nitrogens is 1. The fourth-order valence-corrected chi connectivity index (χ4v) is 3.99. The zero-order chi connectivity index (χ0) is 14.8. The van der Waals surface area contributed by atoms with Crippen LogP contribution in [0.5, 0.6) is 0 Å². The van der Waals surface area contributed by atoms with Crippen LogP contribution in [-0.2, 0) is 16.0 Å². The molecule has 0 spiro atoms. The van der Waals surface area contributed by atoms with Crippen LogP contribution in [-0.4, -0.2) is 72.4 Å². The van der Waals surface area contributed by atoms with Gasteiger partial charge in [-0.15, -0.1) is 0 Å². The van der Waals surface area contributed by atoms with Crippen LogP contribution in [0.25, 0.3) is 0 Å². The fourth-order valence-electron chi connectivity index (χ4n) is 3.99. The summed E-state index contributed by atoms with van der Waals surface area (Å²) >= 11 is 0. The number of rotatable bonds is 4. The molecule has 3 aliphatic heterocycles. The molecule has 1 aromatic heterocycles. The molecule has 22 heavy (non-hydrogen) atoms. The first-order valence-corrected chi connectivity index (χ1v) is 8.47. The lowest BCUT2D eigenvalue weighted by atomic mass is 10.1. The van der Waals surface area contributed by atoms with Crippen molar-refractivity contribution >= 4 is 0 Å². The van der Waals surface area contributed by atoms with Gasteiger partial charge in [0.15, 0.2) is 0 Å². The van der Waals surface area contributed by atoms with E-state index in [1.807, 2.05) is 12.4 Å². The molecule has 1 aromatic rings. The lowest BCUT2D eigenvalue weighted by Gasteiger charge is -2.38. The van der Waals surface area contributed by atoms with E-state index in [0.29, 0.717) is 18.2 Å². The molecule has 0 aromatic carbocycles. The highest BCUT2D eigenvalue weighted by atomic mass is 16.5. The summed E-state index contributed by atoms with van der Waals surface area (Å²) in [4.78, 5) is 9.22. The zero-order valence-electron chi connectivity index (χ0n) is 13.1. The molecule has 0 aliphatic carbocycles. The van der Waals surface area contributed by atoms with E-state index in [4.69, 9.17) is 9.47 Å². The molecule has 0 radical (unpaired) electrons. The predicted molar refractivity (Wildman–Crippen MR) is 83.6 cm³/mol. The van der Waals surface area contributed by atoms with Crippen molar-refractivity contribution in [2.24, 2.45) is 0 Å². The monoisotopic (exact) mass is 303 g/mol. The van der Waals surface area contributed by atoms with Crippen LogP contribution >= 0.6 is 0 Å². The maximum absolute atomic E-state index is 6.03. The fraction of sp³-hybridized carbons (Fsp3) is 0.706. The highest BCUT2D eigenvalue weighted by molar-refractivity contribution is 5.10. The molecule has 0 unspecified atom stereocenters. The highest BCUT2D eigenvalue weighted by Crippen LogP contribution is 2.26. The number of hydrogen-bond donors (Lipinski definition) is 0. The quantitative estimate of drug-likeness (QED) is 0.834. The molecule has 0 saturated carbocycles. The van der Waals surface area contributed by atoms with E-state index >= 15 is 0 Å². The Bertz CT molecular complexity index is 478. The molecule has 120 valence electrons. The average molecular weight is 303 g/mol. The molecule has 3 atom stereocenters. The summed E-state index contributed by atoms with van der Waals surface area (Å²) in [7, 11) is 0. The van der Waals surface area contributed by atoms with Gasteiger partial charge in [0.25, 0.3) is 0 Å². The number of ether oxygens (including phenoxy) is 2. The molecule has 3 fully saturated rings. The summed E-state index contributed by atoms with van der Waals surface area (Å²) in [6.45, 7) is 7.05. The van der Waals surface area contributed by atoms with E-state index in [1.165, 1.54) is 18.4 Å². The Kier molecular flexibility index (Phi) is 4.39. The third-order valence-corrected chi connectivity index (χ3v) is 5.11. The highest BCUT2D eigenvalue weighted by Gasteiger charge is 2.40. The second-order valence-electron chi connectivity index (χ2n) is 6.66. The summed E-state index contributed by atoms with van der Waals surface area (Å²) in [6, 6.07) is 4.74. The number of likely N-dealkylation sites (tertiary alicyclic amines) is 1. The molecular weight excluding hydrogens is 278 g/mol. The minimum atomic E-state index is 0.358. The van der Waals surface area contributed by atoms with Crippen LogP contribution in [0.1, 0.15) is 18.4 Å². The maximum Gasteiger partial charge on any atom is 0.0870 e. The van der Waals surface area contributed by atoms with Crippen molar-refractivity contribution in [2.45, 2.75) is 37.6 Å². The number of hydrogen-bond acceptors (Lipinski definition) is 5. The zero-order valence-corrected chi connectivity index (χ0v) is 13.1. The summed E-state index contributed by atoms with van der Waals surface area (Å²) < 4.78 is 11.9. The van der Waals surface area contributed by atoms with Crippen molar-refractivity contribution in [1.29, 1.82) is 0 Å². The van der Waals surface area contributed by atoms with Crippen molar-refractivity contribution in [3.05, 3.63) is 30.1 Å². The molecular formula is C17H25N3O2. The van der Waals surface area contributed by atoms with Gasteiger partial charge in [-0.3, -0.25) is 14.8 Å². The Morgan fingerprint density at radius 1 is 1.14 bits per heavy atom.